The molecule has 0 radical (unpaired) electrons. The minimum Gasteiger partial charge on any atom is -0.399 e. The molecule has 0 aliphatic rings. The highest BCUT2D eigenvalue weighted by Gasteiger charge is 2.05. The summed E-state index contributed by atoms with van der Waals surface area (Å²) in [6, 6.07) is 9.36. The van der Waals surface area contributed by atoms with Gasteiger partial charge in [0.2, 0.25) is 0 Å². The summed E-state index contributed by atoms with van der Waals surface area (Å²) in [5.41, 5.74) is 7.43. The van der Waals surface area contributed by atoms with Crippen molar-refractivity contribution < 1.29 is 0 Å². The summed E-state index contributed by atoms with van der Waals surface area (Å²) in [4.78, 5) is 0. The van der Waals surface area contributed by atoms with Crippen LogP contribution in [0.15, 0.2) is 61.2 Å². The highest BCUT2D eigenvalue weighted by atomic mass is 14.5. The minimum atomic E-state index is -0.372. The quantitative estimate of drug-likeness (QED) is 0.442. The number of rotatable bonds is 4. The van der Waals surface area contributed by atoms with Crippen LogP contribution in [0.3, 0.4) is 0 Å². The van der Waals surface area contributed by atoms with Gasteiger partial charge >= 0.3 is 0 Å². The van der Waals surface area contributed by atoms with E-state index in [1.54, 1.807) is 6.07 Å². The molecule has 0 atom stereocenters. The van der Waals surface area contributed by atoms with E-state index in [0.29, 0.717) is 5.57 Å². The summed E-state index contributed by atoms with van der Waals surface area (Å²) < 4.78 is 0. The number of nitrogen functional groups attached to an aromatic ring is 1. The van der Waals surface area contributed by atoms with E-state index in [1.165, 1.54) is 23.8 Å². The van der Waals surface area contributed by atoms with Crippen LogP contribution in [-0.2, 0) is 0 Å². The Morgan fingerprint density at radius 2 is 1.80 bits per heavy atom. The number of nitrogens with zero attached hydrogens (tertiary/aromatic N) is 1. The van der Waals surface area contributed by atoms with E-state index < -0.39 is 0 Å². The number of nitrogens with one attached hydrogen (secondary N) is 2. The monoisotopic (exact) mass is 266 g/mol. The molecule has 4 heteroatoms. The average molecular weight is 266 g/mol. The van der Waals surface area contributed by atoms with Crippen molar-refractivity contribution in [3.05, 3.63) is 66.8 Å². The fraction of sp³-hybridized carbons (Fsp3) is 0.0625. The Bertz CT molecular complexity index is 550. The lowest BCUT2D eigenvalue weighted by Crippen LogP contribution is -2.10. The maximum absolute atomic E-state index is 8.32. The molecule has 4 N–H and O–H groups in total. The summed E-state index contributed by atoms with van der Waals surface area (Å²) in [6.45, 7) is 8.94. The highest BCUT2D eigenvalue weighted by Crippen LogP contribution is 2.02. The number of aryl methyl sites for hydroxylation is 1. The highest BCUT2D eigenvalue weighted by molar-refractivity contribution is 6.51. The Hall–Kier alpha value is -2.93. The molecule has 1 rings (SSSR count). The lowest BCUT2D eigenvalue weighted by Gasteiger charge is -1.97. The van der Waals surface area contributed by atoms with Crippen LogP contribution in [0.4, 0.5) is 5.69 Å². The molecule has 0 fully saturated rings. The molecular weight excluding hydrogens is 248 g/mol. The van der Waals surface area contributed by atoms with Crippen LogP contribution >= 0.6 is 0 Å². The molecule has 20 heavy (non-hydrogen) atoms. The first-order valence-electron chi connectivity index (χ1n) is 5.81. The van der Waals surface area contributed by atoms with Crippen molar-refractivity contribution in [2.24, 2.45) is 0 Å². The molecule has 0 saturated carbocycles. The second kappa shape index (κ2) is 9.06. The van der Waals surface area contributed by atoms with E-state index in [1.807, 2.05) is 31.2 Å². The van der Waals surface area contributed by atoms with Gasteiger partial charge in [0, 0.05) is 11.3 Å². The first-order valence-corrected chi connectivity index (χ1v) is 5.81. The molecule has 0 amide bonds. The molecule has 0 aromatic heterocycles. The van der Waals surface area contributed by atoms with Gasteiger partial charge in [-0.15, -0.1) is 0 Å². The van der Waals surface area contributed by atoms with E-state index in [4.69, 9.17) is 21.8 Å². The Morgan fingerprint density at radius 3 is 2.15 bits per heavy atom. The van der Waals surface area contributed by atoms with Gasteiger partial charge in [-0.25, -0.2) is 0 Å². The standard InChI is InChI=1S/C9H9N3.C7H9N/c1-3-5-7(4-2)9(12)8(11)6-10;1-6-2-4-7(8)5-3-6/h3-5,11-12H,1-2H2;2-5H,8H2,1H3/b7-5+,11-8?,12-9?;. The molecule has 102 valence electrons. The summed E-state index contributed by atoms with van der Waals surface area (Å²) in [7, 11) is 0. The van der Waals surface area contributed by atoms with Gasteiger partial charge in [0.15, 0.2) is 5.71 Å². The van der Waals surface area contributed by atoms with Crippen molar-refractivity contribution >= 4 is 17.1 Å². The van der Waals surface area contributed by atoms with Crippen molar-refractivity contribution in [2.75, 3.05) is 5.73 Å². The Morgan fingerprint density at radius 1 is 1.25 bits per heavy atom. The number of hydrogen-bond acceptors (Lipinski definition) is 4. The van der Waals surface area contributed by atoms with Crippen molar-refractivity contribution in [3.63, 3.8) is 0 Å². The average Bonchev–Trinajstić information content (AvgIpc) is 2.47. The summed E-state index contributed by atoms with van der Waals surface area (Å²) in [5, 5.41) is 22.7. The van der Waals surface area contributed by atoms with Crippen molar-refractivity contribution in [3.8, 4) is 6.07 Å². The normalized spacial score (nSPS) is 9.50. The fourth-order valence-corrected chi connectivity index (χ4v) is 1.15. The van der Waals surface area contributed by atoms with E-state index in [2.05, 4.69) is 13.2 Å². The molecule has 0 aliphatic heterocycles. The minimum absolute atomic E-state index is 0.132. The van der Waals surface area contributed by atoms with Crippen LogP contribution in [0, 0.1) is 29.1 Å². The zero-order chi connectivity index (χ0) is 15.5. The van der Waals surface area contributed by atoms with Gasteiger partial charge in [-0.05, 0) is 19.1 Å². The number of anilines is 1. The number of nitriles is 1. The summed E-state index contributed by atoms with van der Waals surface area (Å²) in [6.07, 6.45) is 4.42. The number of hydrogen-bond donors (Lipinski definition) is 3. The smallest absolute Gasteiger partial charge is 0.157 e. The Balaban J connectivity index is 0.000000388. The van der Waals surface area contributed by atoms with Crippen LogP contribution in [0.25, 0.3) is 0 Å². The third kappa shape index (κ3) is 6.12. The van der Waals surface area contributed by atoms with Gasteiger partial charge < -0.3 is 5.73 Å². The number of allylic oxidation sites excluding steroid dienone is 4. The largest absolute Gasteiger partial charge is 0.399 e. The molecule has 0 aliphatic carbocycles. The molecule has 0 bridgehead atoms. The van der Waals surface area contributed by atoms with Crippen molar-refractivity contribution in [2.45, 2.75) is 6.92 Å². The van der Waals surface area contributed by atoms with E-state index >= 15 is 0 Å². The van der Waals surface area contributed by atoms with E-state index in [9.17, 15) is 0 Å². The summed E-state index contributed by atoms with van der Waals surface area (Å²) in [5.74, 6) is 0. The third-order valence-corrected chi connectivity index (χ3v) is 2.25. The topological polar surface area (TPSA) is 97.5 Å². The van der Waals surface area contributed by atoms with Crippen LogP contribution in [0.2, 0.25) is 0 Å². The SMILES string of the molecule is C=C/C=C(\C=C)C(=N)C(=N)C#N.Cc1ccc(N)cc1. The zero-order valence-electron chi connectivity index (χ0n) is 11.5. The lowest BCUT2D eigenvalue weighted by atomic mass is 10.1. The van der Waals surface area contributed by atoms with Crippen LogP contribution in [0.5, 0.6) is 0 Å². The van der Waals surface area contributed by atoms with Crippen LogP contribution in [-0.4, -0.2) is 11.4 Å². The number of nitrogens with two attached hydrogens (primary N) is 1. The number of benzene rings is 1. The lowest BCUT2D eigenvalue weighted by molar-refractivity contribution is 1.46. The van der Waals surface area contributed by atoms with Crippen molar-refractivity contribution in [1.82, 2.24) is 0 Å². The molecular formula is C16H18N4. The van der Waals surface area contributed by atoms with Gasteiger partial charge in [0.1, 0.15) is 6.07 Å². The van der Waals surface area contributed by atoms with E-state index in [-0.39, 0.29) is 11.4 Å². The second-order valence-corrected chi connectivity index (χ2v) is 3.83. The van der Waals surface area contributed by atoms with Gasteiger partial charge in [-0.2, -0.15) is 5.26 Å². The Labute approximate surface area is 119 Å². The molecule has 0 saturated heterocycles. The van der Waals surface area contributed by atoms with Crippen molar-refractivity contribution in [1.29, 1.82) is 16.1 Å². The molecule has 0 heterocycles. The summed E-state index contributed by atoms with van der Waals surface area (Å²) >= 11 is 0. The molecule has 4 nitrogen and oxygen atoms in total. The van der Waals surface area contributed by atoms with Gasteiger partial charge in [-0.1, -0.05) is 49.1 Å². The first-order chi connectivity index (χ1) is 9.46. The Kier molecular flexibility index (Phi) is 7.73. The molecule has 1 aromatic rings. The second-order valence-electron chi connectivity index (χ2n) is 3.83. The predicted octanol–water partition coefficient (Wildman–Crippen LogP) is 3.43. The maximum atomic E-state index is 8.32. The zero-order valence-corrected chi connectivity index (χ0v) is 11.5. The maximum Gasteiger partial charge on any atom is 0.157 e. The third-order valence-electron chi connectivity index (χ3n) is 2.25. The first kappa shape index (κ1) is 17.1. The fourth-order valence-electron chi connectivity index (χ4n) is 1.15. The van der Waals surface area contributed by atoms with Gasteiger partial charge in [-0.3, -0.25) is 10.8 Å². The van der Waals surface area contributed by atoms with Gasteiger partial charge in [0.25, 0.3) is 0 Å². The van der Waals surface area contributed by atoms with E-state index in [0.717, 1.165) is 5.69 Å². The van der Waals surface area contributed by atoms with Crippen LogP contribution < -0.4 is 5.73 Å². The van der Waals surface area contributed by atoms with Crippen LogP contribution in [0.1, 0.15) is 5.56 Å². The predicted molar refractivity (Wildman–Crippen MR) is 85.1 cm³/mol. The molecule has 1 aromatic carbocycles. The molecule has 0 spiro atoms. The van der Waals surface area contributed by atoms with Gasteiger partial charge in [0.05, 0.1) is 5.71 Å². The molecule has 0 unspecified atom stereocenters.